The summed E-state index contributed by atoms with van der Waals surface area (Å²) >= 11 is 3.54. The highest BCUT2D eigenvalue weighted by molar-refractivity contribution is 8.01. The Balaban J connectivity index is 1.51. The van der Waals surface area contributed by atoms with Crippen molar-refractivity contribution in [3.8, 4) is 11.3 Å². The van der Waals surface area contributed by atoms with Gasteiger partial charge in [-0.3, -0.25) is 0 Å². The average Bonchev–Trinajstić information content (AvgIpc) is 3.03. The number of carbonyl (C=O) groups is 1. The molecule has 1 aromatic carbocycles. The lowest BCUT2D eigenvalue weighted by Crippen LogP contribution is -2.42. The van der Waals surface area contributed by atoms with Crippen LogP contribution in [0.25, 0.3) is 11.3 Å². The first kappa shape index (κ1) is 18.3. The van der Waals surface area contributed by atoms with Gasteiger partial charge in [-0.1, -0.05) is 42.1 Å². The summed E-state index contributed by atoms with van der Waals surface area (Å²) in [6, 6.07) is 10.3. The monoisotopic (exact) mass is 376 g/mol. The van der Waals surface area contributed by atoms with E-state index >= 15 is 0 Å². The minimum absolute atomic E-state index is 0.198. The number of amides is 1. The lowest BCUT2D eigenvalue weighted by Gasteiger charge is -2.32. The number of rotatable bonds is 3. The van der Waals surface area contributed by atoms with Crippen molar-refractivity contribution in [2.45, 2.75) is 48.8 Å². The standard InChI is InChI=1S/C19H24N2O2S2/c1-19(2,3)23-18(22)21-11-9-15(10-12-21)25-17-20-16(13-24-17)14-7-5-4-6-8-14/h4-8,13,15H,9-12H2,1-3H3. The average molecular weight is 377 g/mol. The van der Waals surface area contributed by atoms with Crippen LogP contribution in [0, 0.1) is 0 Å². The van der Waals surface area contributed by atoms with Crippen LogP contribution in [0.15, 0.2) is 40.1 Å². The molecular formula is C19H24N2O2S2. The molecule has 0 radical (unpaired) electrons. The molecule has 6 heteroatoms. The molecule has 134 valence electrons. The zero-order valence-corrected chi connectivity index (χ0v) is 16.5. The number of aromatic nitrogens is 1. The highest BCUT2D eigenvalue weighted by atomic mass is 32.2. The SMILES string of the molecule is CC(C)(C)OC(=O)N1CCC(Sc2nc(-c3ccccc3)cs2)CC1. The Morgan fingerprint density at radius 2 is 1.92 bits per heavy atom. The number of nitrogens with zero attached hydrogens (tertiary/aromatic N) is 2. The van der Waals surface area contributed by atoms with Crippen molar-refractivity contribution in [3.05, 3.63) is 35.7 Å². The van der Waals surface area contributed by atoms with Gasteiger partial charge >= 0.3 is 6.09 Å². The largest absolute Gasteiger partial charge is 0.444 e. The highest BCUT2D eigenvalue weighted by Crippen LogP contribution is 2.34. The fraction of sp³-hybridized carbons (Fsp3) is 0.474. The number of thioether (sulfide) groups is 1. The molecule has 0 N–H and O–H groups in total. The molecule has 2 aromatic rings. The molecule has 2 heterocycles. The number of hydrogen-bond donors (Lipinski definition) is 0. The first-order chi connectivity index (χ1) is 11.9. The third-order valence-electron chi connectivity index (χ3n) is 3.91. The fourth-order valence-electron chi connectivity index (χ4n) is 2.68. The normalized spacial score (nSPS) is 16.0. The minimum Gasteiger partial charge on any atom is -0.444 e. The number of benzene rings is 1. The molecule has 1 aliphatic heterocycles. The number of likely N-dealkylation sites (tertiary alicyclic amines) is 1. The van der Waals surface area contributed by atoms with E-state index in [4.69, 9.17) is 9.72 Å². The number of carbonyl (C=O) groups excluding carboxylic acids is 1. The molecule has 1 amide bonds. The number of hydrogen-bond acceptors (Lipinski definition) is 5. The molecule has 4 nitrogen and oxygen atoms in total. The van der Waals surface area contributed by atoms with E-state index < -0.39 is 5.60 Å². The van der Waals surface area contributed by atoms with Crippen LogP contribution in [0.3, 0.4) is 0 Å². The minimum atomic E-state index is -0.433. The van der Waals surface area contributed by atoms with Gasteiger partial charge in [0, 0.05) is 29.3 Å². The van der Waals surface area contributed by atoms with Crippen LogP contribution in [0.5, 0.6) is 0 Å². The Kier molecular flexibility index (Phi) is 5.69. The lowest BCUT2D eigenvalue weighted by molar-refractivity contribution is 0.0219. The number of piperidine rings is 1. The van der Waals surface area contributed by atoms with Crippen LogP contribution < -0.4 is 0 Å². The topological polar surface area (TPSA) is 42.4 Å². The number of ether oxygens (including phenoxy) is 1. The predicted molar refractivity (Wildman–Crippen MR) is 104 cm³/mol. The van der Waals surface area contributed by atoms with E-state index in [1.165, 1.54) is 0 Å². The van der Waals surface area contributed by atoms with Crippen molar-refractivity contribution in [2.24, 2.45) is 0 Å². The van der Waals surface area contributed by atoms with Gasteiger partial charge in [0.15, 0.2) is 4.34 Å². The van der Waals surface area contributed by atoms with Gasteiger partial charge in [0.2, 0.25) is 0 Å². The Hall–Kier alpha value is -1.53. The van der Waals surface area contributed by atoms with E-state index in [2.05, 4.69) is 17.5 Å². The van der Waals surface area contributed by atoms with E-state index in [0.29, 0.717) is 5.25 Å². The molecular weight excluding hydrogens is 352 g/mol. The molecule has 1 fully saturated rings. The molecule has 3 rings (SSSR count). The van der Waals surface area contributed by atoms with E-state index in [1.54, 1.807) is 11.3 Å². The summed E-state index contributed by atoms with van der Waals surface area (Å²) in [5.41, 5.74) is 1.77. The summed E-state index contributed by atoms with van der Waals surface area (Å²) in [7, 11) is 0. The lowest BCUT2D eigenvalue weighted by atomic mass is 10.1. The number of thiazole rings is 1. The molecule has 0 unspecified atom stereocenters. The summed E-state index contributed by atoms with van der Waals surface area (Å²) < 4.78 is 6.56. The van der Waals surface area contributed by atoms with Crippen molar-refractivity contribution in [2.75, 3.05) is 13.1 Å². The first-order valence-electron chi connectivity index (χ1n) is 8.56. The third-order valence-corrected chi connectivity index (χ3v) is 6.22. The molecule has 0 spiro atoms. The Labute approximate surface area is 157 Å². The van der Waals surface area contributed by atoms with Gasteiger partial charge in [-0.05, 0) is 33.6 Å². The zero-order chi connectivity index (χ0) is 17.9. The van der Waals surface area contributed by atoms with Crippen LogP contribution in [0.4, 0.5) is 4.79 Å². The van der Waals surface area contributed by atoms with Gasteiger partial charge in [0.25, 0.3) is 0 Å². The van der Waals surface area contributed by atoms with E-state index in [9.17, 15) is 4.79 Å². The van der Waals surface area contributed by atoms with Crippen LogP contribution in [0.2, 0.25) is 0 Å². The van der Waals surface area contributed by atoms with Crippen molar-refractivity contribution in [1.82, 2.24) is 9.88 Å². The van der Waals surface area contributed by atoms with Gasteiger partial charge in [0.05, 0.1) is 5.69 Å². The highest BCUT2D eigenvalue weighted by Gasteiger charge is 2.27. The first-order valence-corrected chi connectivity index (χ1v) is 10.3. The molecule has 0 saturated carbocycles. The van der Waals surface area contributed by atoms with Crippen molar-refractivity contribution < 1.29 is 9.53 Å². The predicted octanol–water partition coefficient (Wildman–Crippen LogP) is 5.30. The van der Waals surface area contributed by atoms with Crippen LogP contribution in [-0.4, -0.2) is 39.9 Å². The third kappa shape index (κ3) is 5.22. The van der Waals surface area contributed by atoms with Crippen molar-refractivity contribution in [1.29, 1.82) is 0 Å². The van der Waals surface area contributed by atoms with Crippen molar-refractivity contribution >= 4 is 29.2 Å². The maximum absolute atomic E-state index is 12.1. The van der Waals surface area contributed by atoms with Gasteiger partial charge < -0.3 is 9.64 Å². The van der Waals surface area contributed by atoms with Crippen LogP contribution >= 0.6 is 23.1 Å². The van der Waals surface area contributed by atoms with Gasteiger partial charge in [-0.25, -0.2) is 9.78 Å². The summed E-state index contributed by atoms with van der Waals surface area (Å²) in [6.45, 7) is 7.22. The summed E-state index contributed by atoms with van der Waals surface area (Å²) in [6.07, 6.45) is 1.76. The van der Waals surface area contributed by atoms with Gasteiger partial charge in [-0.15, -0.1) is 11.3 Å². The second-order valence-electron chi connectivity index (χ2n) is 7.15. The Morgan fingerprint density at radius 1 is 1.24 bits per heavy atom. The van der Waals surface area contributed by atoms with Crippen LogP contribution in [-0.2, 0) is 4.74 Å². The molecule has 0 aliphatic carbocycles. The molecule has 25 heavy (non-hydrogen) atoms. The summed E-state index contributed by atoms with van der Waals surface area (Å²) in [5, 5.41) is 2.63. The second kappa shape index (κ2) is 7.79. The van der Waals surface area contributed by atoms with Gasteiger partial charge in [-0.2, -0.15) is 0 Å². The van der Waals surface area contributed by atoms with Gasteiger partial charge in [0.1, 0.15) is 5.60 Å². The van der Waals surface area contributed by atoms with E-state index in [0.717, 1.165) is 41.5 Å². The maximum Gasteiger partial charge on any atom is 0.410 e. The molecule has 0 atom stereocenters. The van der Waals surface area contributed by atoms with Crippen LogP contribution in [0.1, 0.15) is 33.6 Å². The quantitative estimate of drug-likeness (QED) is 0.729. The smallest absolute Gasteiger partial charge is 0.410 e. The Bertz CT molecular complexity index is 702. The van der Waals surface area contributed by atoms with E-state index in [-0.39, 0.29) is 6.09 Å². The second-order valence-corrected chi connectivity index (χ2v) is 9.55. The van der Waals surface area contributed by atoms with Crippen molar-refractivity contribution in [3.63, 3.8) is 0 Å². The maximum atomic E-state index is 12.1. The molecule has 1 saturated heterocycles. The summed E-state index contributed by atoms with van der Waals surface area (Å²) in [5.74, 6) is 0. The summed E-state index contributed by atoms with van der Waals surface area (Å²) in [4.78, 5) is 18.7. The zero-order valence-electron chi connectivity index (χ0n) is 14.9. The molecule has 0 bridgehead atoms. The Morgan fingerprint density at radius 3 is 2.56 bits per heavy atom. The van der Waals surface area contributed by atoms with E-state index in [1.807, 2.05) is 55.6 Å². The molecule has 1 aliphatic rings. The fourth-order valence-corrected chi connectivity index (χ4v) is 4.89. The molecule has 1 aromatic heterocycles.